The van der Waals surface area contributed by atoms with E-state index in [1.807, 2.05) is 6.07 Å². The molecule has 61 heavy (non-hydrogen) atoms. The van der Waals surface area contributed by atoms with Crippen molar-refractivity contribution in [3.05, 3.63) is 83.9 Å². The van der Waals surface area contributed by atoms with Crippen LogP contribution in [0.2, 0.25) is 57.9 Å². The van der Waals surface area contributed by atoms with E-state index in [-0.39, 0.29) is 28.3 Å². The van der Waals surface area contributed by atoms with Gasteiger partial charge in [-0.15, -0.1) is 0 Å². The summed E-state index contributed by atoms with van der Waals surface area (Å²) in [6.45, 7) is 43.8. The van der Waals surface area contributed by atoms with Crippen LogP contribution in [0.4, 0.5) is 0 Å². The van der Waals surface area contributed by atoms with E-state index in [1.54, 1.807) is 7.11 Å². The Hall–Kier alpha value is -2.07. The first-order valence-corrected chi connectivity index (χ1v) is 32.6. The lowest BCUT2D eigenvalue weighted by Gasteiger charge is -2.49. The second kappa shape index (κ2) is 17.1. The Morgan fingerprint density at radius 3 is 1.44 bits per heavy atom. The van der Waals surface area contributed by atoms with Gasteiger partial charge in [-0.3, -0.25) is 0 Å². The molecule has 0 amide bonds. The molecule has 1 fully saturated rings. The van der Waals surface area contributed by atoms with Crippen LogP contribution in [-0.2, 0) is 18.0 Å². The third-order valence-electron chi connectivity index (χ3n) is 15.5. The van der Waals surface area contributed by atoms with Gasteiger partial charge in [-0.2, -0.15) is 0 Å². The first kappa shape index (κ1) is 49.9. The topological polar surface area (TPSA) is 78.9 Å². The number of epoxide rings is 1. The first-order chi connectivity index (χ1) is 27.9. The van der Waals surface area contributed by atoms with Crippen LogP contribution in [0, 0.1) is 0 Å². The minimum Gasteiger partial charge on any atom is -0.542 e. The molecule has 4 atom stereocenters. The molecule has 1 heterocycles. The number of fused-ring (bicyclic) bond motifs is 2. The van der Waals surface area contributed by atoms with Crippen molar-refractivity contribution in [2.75, 3.05) is 20.3 Å². The van der Waals surface area contributed by atoms with Gasteiger partial charge in [0.2, 0.25) is 0 Å². The largest absolute Gasteiger partial charge is 0.542 e. The Bertz CT molecular complexity index is 1900. The Labute approximate surface area is 375 Å². The van der Waals surface area contributed by atoms with E-state index < -0.39 is 56.7 Å². The molecule has 0 unspecified atom stereocenters. The minimum atomic E-state index is -3.28. The number of benzene rings is 3. The molecule has 1 N–H and O–H groups in total. The van der Waals surface area contributed by atoms with Crippen molar-refractivity contribution in [1.29, 1.82) is 0 Å². The molecule has 1 aliphatic heterocycles. The maximum absolute atomic E-state index is 13.5. The SMILES string of the molecule is COc1cc(O[Si](C(C)C)(C(C)C)C(C)C)c2c(c1)[C@@H](O[Si](c1ccccc1)(c1ccccc1)C(C)(C)C)[C@@]1(CO[Si](C)(C)C(C)(C)C)O[C@@]1(CO[Si](C)(C)C(C)(C)C)[C@@H]2O. The predicted octanol–water partition coefficient (Wildman–Crippen LogP) is 12.5. The third-order valence-corrected chi connectivity index (χ3v) is 35.4. The Kier molecular flexibility index (Phi) is 14.0. The molecule has 11 heteroatoms. The smallest absolute Gasteiger partial charge is 0.262 e. The quantitative estimate of drug-likeness (QED) is 0.113. The summed E-state index contributed by atoms with van der Waals surface area (Å²) < 4.78 is 44.2. The Morgan fingerprint density at radius 1 is 0.639 bits per heavy atom. The highest BCUT2D eigenvalue weighted by Gasteiger charge is 2.82. The highest BCUT2D eigenvalue weighted by molar-refractivity contribution is 6.99. The average Bonchev–Trinajstić information content (AvgIpc) is 3.84. The summed E-state index contributed by atoms with van der Waals surface area (Å²) in [6.07, 6.45) is -1.80. The van der Waals surface area contributed by atoms with Crippen molar-refractivity contribution < 1.29 is 32.3 Å². The van der Waals surface area contributed by atoms with Crippen LogP contribution in [0.5, 0.6) is 11.5 Å². The third kappa shape index (κ3) is 8.51. The summed E-state index contributed by atoms with van der Waals surface area (Å²) in [5.74, 6) is 1.31. The van der Waals surface area contributed by atoms with Gasteiger partial charge in [0.15, 0.2) is 27.8 Å². The predicted molar refractivity (Wildman–Crippen MR) is 264 cm³/mol. The summed E-state index contributed by atoms with van der Waals surface area (Å²) in [5, 5.41) is 15.3. The van der Waals surface area contributed by atoms with Gasteiger partial charge in [-0.25, -0.2) is 0 Å². The van der Waals surface area contributed by atoms with E-state index in [0.717, 1.165) is 15.9 Å². The number of aliphatic hydroxyl groups is 1. The maximum Gasteiger partial charge on any atom is 0.262 e. The summed E-state index contributed by atoms with van der Waals surface area (Å²) in [7, 11) is -8.88. The molecule has 0 bridgehead atoms. The molecule has 5 rings (SSSR count). The monoisotopic (exact) mass is 907 g/mol. The van der Waals surface area contributed by atoms with Crippen LogP contribution in [0.3, 0.4) is 0 Å². The molecule has 1 saturated heterocycles. The summed E-state index contributed by atoms with van der Waals surface area (Å²) in [6, 6.07) is 25.7. The molecule has 0 radical (unpaired) electrons. The van der Waals surface area contributed by atoms with Crippen molar-refractivity contribution in [2.45, 2.75) is 185 Å². The van der Waals surface area contributed by atoms with Crippen molar-refractivity contribution in [1.82, 2.24) is 0 Å². The standard InChI is InChI=1S/C50H82O7Si4/c1-35(2)60(36(3)4,37(5)6)55-42-32-38(52-16)31-41-43(42)44(51)49(33-53-58(17,18)46(7,8)9)50(57-49,34-54-59(19,20)47(10,11)12)45(41)56-61(48(13,14)15,39-27-23-21-24-28-39)40-29-25-22-26-30-40/h21-32,35-37,44-45,51H,33-34H2,1-20H3/t44-,45-,49+,50-/m1/s1. The number of ether oxygens (including phenoxy) is 2. The van der Waals surface area contributed by atoms with Crippen LogP contribution < -0.4 is 19.5 Å². The summed E-state index contributed by atoms with van der Waals surface area (Å²) in [4.78, 5) is 0. The van der Waals surface area contributed by atoms with Gasteiger partial charge in [0.05, 0.1) is 20.3 Å². The molecule has 3 aromatic rings. The summed E-state index contributed by atoms with van der Waals surface area (Å²) in [5.41, 5.74) is 0.114. The van der Waals surface area contributed by atoms with Gasteiger partial charge < -0.3 is 32.3 Å². The fraction of sp³-hybridized carbons (Fsp3) is 0.640. The maximum atomic E-state index is 13.5. The molecule has 0 spiro atoms. The molecule has 3 aromatic carbocycles. The molecule has 0 saturated carbocycles. The zero-order chi connectivity index (χ0) is 46.0. The zero-order valence-electron chi connectivity index (χ0n) is 41.6. The molecular formula is C50H82O7Si4. The number of hydrogen-bond donors (Lipinski definition) is 1. The number of rotatable bonds is 16. The lowest BCUT2D eigenvalue weighted by molar-refractivity contribution is 0.0179. The lowest BCUT2D eigenvalue weighted by atomic mass is 9.72. The molecule has 340 valence electrons. The van der Waals surface area contributed by atoms with Crippen LogP contribution in [0.25, 0.3) is 0 Å². The van der Waals surface area contributed by atoms with E-state index >= 15 is 0 Å². The number of methoxy groups -OCH3 is 1. The number of hydrogen-bond acceptors (Lipinski definition) is 7. The Balaban J connectivity index is 1.94. The van der Waals surface area contributed by atoms with E-state index in [0.29, 0.717) is 33.7 Å². The van der Waals surface area contributed by atoms with Gasteiger partial charge in [0.25, 0.3) is 16.6 Å². The van der Waals surface area contributed by atoms with Gasteiger partial charge >= 0.3 is 0 Å². The first-order valence-electron chi connectivity index (χ1n) is 22.8. The van der Waals surface area contributed by atoms with Gasteiger partial charge in [-0.05, 0) is 79.9 Å². The van der Waals surface area contributed by atoms with E-state index in [4.69, 9.17) is 27.2 Å². The Morgan fingerprint density at radius 2 is 1.07 bits per heavy atom. The molecular weight excluding hydrogens is 825 g/mol. The van der Waals surface area contributed by atoms with Crippen molar-refractivity contribution in [3.8, 4) is 11.5 Å². The number of aliphatic hydroxyl groups excluding tert-OH is 1. The molecule has 2 aliphatic rings. The minimum absolute atomic E-state index is 0.0684. The van der Waals surface area contributed by atoms with Crippen LogP contribution in [0.1, 0.15) is 127 Å². The fourth-order valence-electron chi connectivity index (χ4n) is 9.72. The summed E-state index contributed by atoms with van der Waals surface area (Å²) >= 11 is 0. The molecule has 0 aromatic heterocycles. The van der Waals surface area contributed by atoms with Crippen LogP contribution in [0.15, 0.2) is 72.8 Å². The molecule has 1 aliphatic carbocycles. The van der Waals surface area contributed by atoms with E-state index in [9.17, 15) is 5.11 Å². The highest BCUT2D eigenvalue weighted by atomic mass is 28.4. The van der Waals surface area contributed by atoms with Crippen molar-refractivity contribution in [3.63, 3.8) is 0 Å². The second-order valence-corrected chi connectivity index (χ2v) is 42.3. The zero-order valence-corrected chi connectivity index (χ0v) is 45.6. The van der Waals surface area contributed by atoms with E-state index in [1.165, 1.54) is 0 Å². The normalized spacial score (nSPS) is 22.7. The lowest BCUT2D eigenvalue weighted by Crippen LogP contribution is -2.68. The molecule has 7 nitrogen and oxygen atoms in total. The van der Waals surface area contributed by atoms with Crippen LogP contribution >= 0.6 is 0 Å². The van der Waals surface area contributed by atoms with Crippen molar-refractivity contribution in [2.24, 2.45) is 0 Å². The van der Waals surface area contributed by atoms with Gasteiger partial charge in [0.1, 0.15) is 23.7 Å². The van der Waals surface area contributed by atoms with Crippen molar-refractivity contribution >= 4 is 43.6 Å². The van der Waals surface area contributed by atoms with E-state index in [2.05, 4.69) is 197 Å². The van der Waals surface area contributed by atoms with Gasteiger partial charge in [0, 0.05) is 11.6 Å². The highest BCUT2D eigenvalue weighted by Crippen LogP contribution is 2.70. The average molecular weight is 908 g/mol. The second-order valence-electron chi connectivity index (χ2n) is 23.1. The fourth-order valence-corrected chi connectivity index (χ4v) is 21.7. The van der Waals surface area contributed by atoms with Gasteiger partial charge in [-0.1, -0.05) is 165 Å². The van der Waals surface area contributed by atoms with Crippen LogP contribution in [-0.4, -0.2) is 69.9 Å².